The van der Waals surface area contributed by atoms with Crippen LogP contribution in [0.1, 0.15) is 13.8 Å². The van der Waals surface area contributed by atoms with E-state index in [4.69, 9.17) is 0 Å². The summed E-state index contributed by atoms with van der Waals surface area (Å²) < 4.78 is 2.78. The third-order valence-corrected chi connectivity index (χ3v) is 4.65. The fraction of sp³-hybridized carbons (Fsp3) is 0.400. The number of hydrogen-bond donors (Lipinski definition) is 2. The first kappa shape index (κ1) is 12.9. The molecule has 1 rings (SSSR count). The monoisotopic (exact) mass is 258 g/mol. The van der Waals surface area contributed by atoms with Crippen molar-refractivity contribution in [3.8, 4) is 0 Å². The zero-order valence-corrected chi connectivity index (χ0v) is 11.2. The van der Waals surface area contributed by atoms with Crippen molar-refractivity contribution in [3.05, 3.63) is 18.4 Å². The fourth-order valence-electron chi connectivity index (χ4n) is 1.12. The molecule has 0 aliphatic heterocycles. The zero-order valence-electron chi connectivity index (χ0n) is 9.61. The molecule has 1 heterocycles. The molecule has 0 aliphatic carbocycles. The maximum atomic E-state index is 9.55. The van der Waals surface area contributed by atoms with Crippen molar-refractivity contribution in [1.82, 2.24) is 0 Å². The van der Waals surface area contributed by atoms with Crippen LogP contribution in [0.3, 0.4) is 0 Å². The van der Waals surface area contributed by atoms with Gasteiger partial charge in [0.2, 0.25) is 0 Å². The lowest BCUT2D eigenvalue weighted by Gasteiger charge is -1.94. The molecule has 0 spiro atoms. The molecule has 1 aromatic rings. The lowest BCUT2D eigenvalue weighted by atomic mass is 10.6. The summed E-state index contributed by atoms with van der Waals surface area (Å²) in [5.74, 6) is 0.433. The number of nitrogens with zero attached hydrogens (tertiary/aromatic N) is 2. The van der Waals surface area contributed by atoms with Gasteiger partial charge in [-0.1, -0.05) is 0 Å². The van der Waals surface area contributed by atoms with Crippen LogP contribution in [0, 0.1) is 0 Å². The number of aliphatic hydroxyl groups is 2. The van der Waals surface area contributed by atoms with E-state index in [1.54, 1.807) is 27.9 Å². The van der Waals surface area contributed by atoms with Crippen LogP contribution in [0.5, 0.6) is 0 Å². The Hall–Kier alpha value is -1.14. The van der Waals surface area contributed by atoms with Crippen LogP contribution in [-0.4, -0.2) is 24.3 Å². The van der Waals surface area contributed by atoms with Gasteiger partial charge in [0.05, 0.1) is 0 Å². The summed E-state index contributed by atoms with van der Waals surface area (Å²) in [6.07, 6.45) is 0. The smallest absolute Gasteiger partial charge is 0.131 e. The molecule has 0 saturated heterocycles. The Labute approximate surface area is 101 Å². The summed E-state index contributed by atoms with van der Waals surface area (Å²) in [7, 11) is 3.31. The van der Waals surface area contributed by atoms with Crippen molar-refractivity contribution >= 4 is 34.2 Å². The average molecular weight is 258 g/mol. The van der Waals surface area contributed by atoms with Crippen molar-refractivity contribution in [3.63, 3.8) is 0 Å². The van der Waals surface area contributed by atoms with Gasteiger partial charge in [-0.3, -0.25) is 9.98 Å². The summed E-state index contributed by atoms with van der Waals surface area (Å²) in [6.45, 7) is 3.23. The fourth-order valence-corrected chi connectivity index (χ4v) is 3.33. The van der Waals surface area contributed by atoms with Gasteiger partial charge in [-0.2, -0.15) is 0 Å². The minimum atomic E-state index is 0.217. The predicted octanol–water partition coefficient (Wildman–Crippen LogP) is 0.243. The van der Waals surface area contributed by atoms with Crippen LogP contribution in [0.15, 0.2) is 9.98 Å². The highest BCUT2D eigenvalue weighted by Gasteiger charge is 1.99. The minimum Gasteiger partial charge on any atom is -0.511 e. The highest BCUT2D eigenvalue weighted by atomic mass is 32.1. The van der Waals surface area contributed by atoms with E-state index in [0.717, 1.165) is 0 Å². The Kier molecular flexibility index (Phi) is 4.26. The molecule has 4 nitrogen and oxygen atoms in total. The lowest BCUT2D eigenvalue weighted by molar-refractivity contribution is 0.498. The molecule has 0 amide bonds. The molecule has 0 saturated carbocycles. The predicted molar refractivity (Wildman–Crippen MR) is 67.8 cm³/mol. The average Bonchev–Trinajstić information content (AvgIpc) is 2.26. The van der Waals surface area contributed by atoms with Gasteiger partial charge < -0.3 is 10.2 Å². The van der Waals surface area contributed by atoms with Crippen LogP contribution in [0.4, 0.5) is 0 Å². The second-order valence-corrected chi connectivity index (χ2v) is 5.09. The quantitative estimate of drug-likeness (QED) is 0.700. The number of hydrogen-bond acceptors (Lipinski definition) is 6. The van der Waals surface area contributed by atoms with E-state index in [9.17, 15) is 10.2 Å². The lowest BCUT2D eigenvalue weighted by Crippen LogP contribution is -2.35. The second-order valence-electron chi connectivity index (χ2n) is 3.09. The Morgan fingerprint density at radius 1 is 0.875 bits per heavy atom. The molecule has 0 atom stereocenters. The van der Waals surface area contributed by atoms with E-state index < -0.39 is 0 Å². The highest BCUT2D eigenvalue weighted by Crippen LogP contribution is 1.84. The molecule has 88 valence electrons. The van der Waals surface area contributed by atoms with E-state index in [0.29, 0.717) is 18.4 Å². The van der Waals surface area contributed by atoms with E-state index in [-0.39, 0.29) is 11.5 Å². The normalized spacial score (nSPS) is 17.5. The van der Waals surface area contributed by atoms with Crippen molar-refractivity contribution in [2.24, 2.45) is 9.98 Å². The van der Waals surface area contributed by atoms with Crippen LogP contribution >= 0.6 is 22.7 Å². The third kappa shape index (κ3) is 2.51. The van der Waals surface area contributed by atoms with Crippen LogP contribution < -0.4 is 18.4 Å². The summed E-state index contributed by atoms with van der Waals surface area (Å²) >= 11 is 2.64. The molecule has 0 fully saturated rings. The van der Waals surface area contributed by atoms with Gasteiger partial charge in [0.25, 0.3) is 0 Å². The first-order valence-electron chi connectivity index (χ1n) is 4.61. The van der Waals surface area contributed by atoms with Crippen LogP contribution in [0.25, 0.3) is 11.5 Å². The van der Waals surface area contributed by atoms with Gasteiger partial charge in [-0.15, -0.1) is 22.7 Å². The molecular formula is C10H14N2O2S2. The maximum Gasteiger partial charge on any atom is 0.131 e. The maximum absolute atomic E-state index is 9.55. The van der Waals surface area contributed by atoms with E-state index in [2.05, 4.69) is 9.98 Å². The number of rotatable bonds is 0. The van der Waals surface area contributed by atoms with Gasteiger partial charge in [-0.05, 0) is 13.8 Å². The van der Waals surface area contributed by atoms with Crippen molar-refractivity contribution in [1.29, 1.82) is 0 Å². The summed E-state index contributed by atoms with van der Waals surface area (Å²) in [5, 5.41) is 19.1. The molecular weight excluding hydrogens is 244 g/mol. The Balaban J connectivity index is 4.10. The minimum absolute atomic E-state index is 0.217. The third-order valence-electron chi connectivity index (χ3n) is 1.85. The molecule has 6 heteroatoms. The zero-order chi connectivity index (χ0) is 12.3. The van der Waals surface area contributed by atoms with Crippen LogP contribution in [-0.2, 0) is 0 Å². The van der Waals surface area contributed by atoms with E-state index >= 15 is 0 Å². The molecule has 16 heavy (non-hydrogen) atoms. The first-order valence-corrected chi connectivity index (χ1v) is 6.24. The Morgan fingerprint density at radius 3 is 1.38 bits per heavy atom. The van der Waals surface area contributed by atoms with E-state index in [1.165, 1.54) is 22.7 Å². The van der Waals surface area contributed by atoms with Crippen LogP contribution in [0.2, 0.25) is 0 Å². The van der Waals surface area contributed by atoms with Gasteiger partial charge in [-0.25, -0.2) is 0 Å². The van der Waals surface area contributed by atoms with E-state index in [1.807, 2.05) is 0 Å². The van der Waals surface area contributed by atoms with Gasteiger partial charge in [0.1, 0.15) is 29.9 Å². The summed E-state index contributed by atoms with van der Waals surface area (Å²) in [6, 6.07) is 0. The molecule has 0 unspecified atom stereocenters. The molecule has 0 bridgehead atoms. The molecule has 1 aromatic heterocycles. The Morgan fingerprint density at radius 2 is 1.19 bits per heavy atom. The number of aliphatic hydroxyl groups excluding tert-OH is 2. The summed E-state index contributed by atoms with van der Waals surface area (Å²) in [4.78, 5) is 8.18. The first-order chi connectivity index (χ1) is 7.51. The van der Waals surface area contributed by atoms with Crippen molar-refractivity contribution in [2.45, 2.75) is 13.8 Å². The standard InChI is InChI=1S/C10H14N2O2S2/c1-5(13)7-9(11-3)16-8(6(2)14)10(12-4)15-7/h13-14H,1-4H3/b7-5-,8-6-,11-9?,12-10?. The molecule has 0 aromatic carbocycles. The molecule has 2 N–H and O–H groups in total. The molecule has 0 aliphatic rings. The summed E-state index contributed by atoms with van der Waals surface area (Å²) in [5.41, 5.74) is 0. The van der Waals surface area contributed by atoms with Gasteiger partial charge in [0.15, 0.2) is 0 Å². The SMILES string of the molecule is CN=c1s/c(=C(/C)O)c(=NC)s/c1=C(/C)O. The largest absolute Gasteiger partial charge is 0.511 e. The van der Waals surface area contributed by atoms with Gasteiger partial charge >= 0.3 is 0 Å². The molecule has 0 radical (unpaired) electrons. The second kappa shape index (κ2) is 5.27. The Bertz CT molecular complexity index is 572. The van der Waals surface area contributed by atoms with Crippen molar-refractivity contribution in [2.75, 3.05) is 14.1 Å². The highest BCUT2D eigenvalue weighted by molar-refractivity contribution is 7.14. The topological polar surface area (TPSA) is 65.2 Å². The van der Waals surface area contributed by atoms with Crippen molar-refractivity contribution < 1.29 is 10.2 Å². The van der Waals surface area contributed by atoms with Gasteiger partial charge in [0, 0.05) is 14.1 Å².